The molecule has 2 bridgehead atoms. The molecule has 1 aromatic rings. The van der Waals surface area contributed by atoms with Gasteiger partial charge in [-0.3, -0.25) is 14.4 Å². The molecule has 8 nitrogen and oxygen atoms in total. The number of hydrogen-bond donors (Lipinski definition) is 4. The fourth-order valence-electron chi connectivity index (χ4n) is 4.14. The zero-order chi connectivity index (χ0) is 26.1. The van der Waals surface area contributed by atoms with Crippen molar-refractivity contribution in [3.05, 3.63) is 36.0 Å². The van der Waals surface area contributed by atoms with E-state index in [2.05, 4.69) is 21.3 Å². The van der Waals surface area contributed by atoms with E-state index in [0.717, 1.165) is 12.0 Å². The van der Waals surface area contributed by atoms with Crippen molar-refractivity contribution in [1.82, 2.24) is 21.3 Å². The van der Waals surface area contributed by atoms with Gasteiger partial charge in [0.05, 0.1) is 6.04 Å². The molecule has 0 aliphatic carbocycles. The number of fused-ring (bicyclic) bond motifs is 10. The van der Waals surface area contributed by atoms with Crippen LogP contribution in [0.3, 0.4) is 0 Å². The highest BCUT2D eigenvalue weighted by Crippen LogP contribution is 2.21. The van der Waals surface area contributed by atoms with E-state index in [1.54, 1.807) is 19.3 Å². The maximum absolute atomic E-state index is 13.7. The Kier molecular flexibility index (Phi) is 10.8. The molecule has 8 heteroatoms. The predicted molar refractivity (Wildman–Crippen MR) is 138 cm³/mol. The topological polar surface area (TPSA) is 109 Å². The standard InChI is InChI=1S/C27H42N4O4/c1-8-18(6)22(28-7)26(33)31-23-24(17(4)5)35-20-11-9-19(10-12-20)13-14-29-25(32)21(15-16(2)3)30-27(23)34/h9-14,16-18,21-24,28H,8,15H2,1-7H3,(H,29,32)(H,30,34)(H,31,33)/b14-13-/t18-,21+,22-,23+,24-/m0/s1. The predicted octanol–water partition coefficient (Wildman–Crippen LogP) is 2.84. The Morgan fingerprint density at radius 2 is 1.71 bits per heavy atom. The molecule has 2 aliphatic heterocycles. The van der Waals surface area contributed by atoms with E-state index in [1.165, 1.54) is 0 Å². The lowest BCUT2D eigenvalue weighted by molar-refractivity contribution is -0.135. The molecule has 35 heavy (non-hydrogen) atoms. The molecule has 3 amide bonds. The van der Waals surface area contributed by atoms with E-state index in [-0.39, 0.29) is 29.6 Å². The highest BCUT2D eigenvalue weighted by molar-refractivity contribution is 5.94. The molecule has 1 aromatic carbocycles. The van der Waals surface area contributed by atoms with Crippen LogP contribution in [0.5, 0.6) is 5.75 Å². The minimum atomic E-state index is -0.997. The number of ether oxygens (including phenoxy) is 1. The van der Waals surface area contributed by atoms with Gasteiger partial charge in [0.2, 0.25) is 17.7 Å². The Hall–Kier alpha value is -2.87. The van der Waals surface area contributed by atoms with Crippen LogP contribution in [0.25, 0.3) is 6.08 Å². The minimum Gasteiger partial charge on any atom is -0.487 e. The van der Waals surface area contributed by atoms with Crippen LogP contribution in [-0.2, 0) is 14.4 Å². The molecule has 4 N–H and O–H groups in total. The fraction of sp³-hybridized carbons (Fsp3) is 0.593. The van der Waals surface area contributed by atoms with Gasteiger partial charge in [0, 0.05) is 6.20 Å². The molecule has 2 heterocycles. The van der Waals surface area contributed by atoms with Gasteiger partial charge in [0.1, 0.15) is 23.9 Å². The van der Waals surface area contributed by atoms with Crippen LogP contribution in [0.4, 0.5) is 0 Å². The lowest BCUT2D eigenvalue weighted by atomic mass is 9.94. The summed E-state index contributed by atoms with van der Waals surface area (Å²) in [6.45, 7) is 11.9. The van der Waals surface area contributed by atoms with Crippen LogP contribution in [-0.4, -0.2) is 49.0 Å². The second kappa shape index (κ2) is 13.3. The Balaban J connectivity index is 2.50. The van der Waals surface area contributed by atoms with E-state index in [1.807, 2.05) is 65.8 Å². The van der Waals surface area contributed by atoms with Crippen molar-refractivity contribution in [2.24, 2.45) is 17.8 Å². The molecular weight excluding hydrogens is 444 g/mol. The molecule has 2 aliphatic rings. The summed E-state index contributed by atoms with van der Waals surface area (Å²) in [5.41, 5.74) is 0.899. The lowest BCUT2D eigenvalue weighted by Crippen LogP contribution is -2.62. The quantitative estimate of drug-likeness (QED) is 0.452. The molecule has 5 atom stereocenters. The van der Waals surface area contributed by atoms with Crippen LogP contribution >= 0.6 is 0 Å². The third-order valence-electron chi connectivity index (χ3n) is 6.37. The van der Waals surface area contributed by atoms with Crippen molar-refractivity contribution < 1.29 is 19.1 Å². The van der Waals surface area contributed by atoms with Gasteiger partial charge in [0.15, 0.2) is 0 Å². The average Bonchev–Trinajstić information content (AvgIpc) is 2.80. The van der Waals surface area contributed by atoms with Crippen molar-refractivity contribution in [3.63, 3.8) is 0 Å². The molecule has 0 fully saturated rings. The second-order valence-corrected chi connectivity index (χ2v) is 10.1. The summed E-state index contributed by atoms with van der Waals surface area (Å²) >= 11 is 0. The first kappa shape index (κ1) is 28.4. The molecule has 0 unspecified atom stereocenters. The third kappa shape index (κ3) is 8.09. The Morgan fingerprint density at radius 3 is 2.26 bits per heavy atom. The highest BCUT2D eigenvalue weighted by atomic mass is 16.5. The van der Waals surface area contributed by atoms with Crippen molar-refractivity contribution in [3.8, 4) is 5.75 Å². The Morgan fingerprint density at radius 1 is 1.06 bits per heavy atom. The molecule has 0 saturated carbocycles. The van der Waals surface area contributed by atoms with Crippen LogP contribution in [0.15, 0.2) is 30.5 Å². The van der Waals surface area contributed by atoms with Gasteiger partial charge in [-0.05, 0) is 55.0 Å². The SMILES string of the molecule is CC[C@H](C)[C@H](NC)C(=O)N[C@H]1C(=O)N[C@H](CC(C)C)C(=O)N/C=C\c2ccc(cc2)O[C@H]1C(C)C. The summed E-state index contributed by atoms with van der Waals surface area (Å²) in [5.74, 6) is -0.303. The van der Waals surface area contributed by atoms with Crippen LogP contribution in [0.1, 0.15) is 59.9 Å². The molecule has 0 saturated heterocycles. The van der Waals surface area contributed by atoms with Gasteiger partial charge in [-0.25, -0.2) is 0 Å². The number of carbonyl (C=O) groups excluding carboxylic acids is 3. The lowest BCUT2D eigenvalue weighted by Gasteiger charge is -2.33. The van der Waals surface area contributed by atoms with Gasteiger partial charge in [-0.1, -0.05) is 60.1 Å². The second-order valence-electron chi connectivity index (χ2n) is 10.1. The van der Waals surface area contributed by atoms with Crippen molar-refractivity contribution in [2.75, 3.05) is 7.05 Å². The number of hydrogen-bond acceptors (Lipinski definition) is 5. The normalized spacial score (nSPS) is 23.6. The van der Waals surface area contributed by atoms with E-state index in [0.29, 0.717) is 12.2 Å². The number of nitrogens with one attached hydrogen (secondary N) is 4. The number of rotatable bonds is 8. The minimum absolute atomic E-state index is 0.0683. The van der Waals surface area contributed by atoms with Crippen molar-refractivity contribution in [2.45, 2.75) is 78.6 Å². The van der Waals surface area contributed by atoms with Gasteiger partial charge >= 0.3 is 0 Å². The first-order chi connectivity index (χ1) is 16.6. The van der Waals surface area contributed by atoms with E-state index in [4.69, 9.17) is 4.74 Å². The van der Waals surface area contributed by atoms with E-state index < -0.39 is 30.1 Å². The molecule has 0 spiro atoms. The van der Waals surface area contributed by atoms with Gasteiger partial charge in [-0.15, -0.1) is 0 Å². The maximum atomic E-state index is 13.7. The maximum Gasteiger partial charge on any atom is 0.247 e. The zero-order valence-electron chi connectivity index (χ0n) is 22.1. The molecular formula is C27H42N4O4. The molecule has 0 radical (unpaired) electrons. The summed E-state index contributed by atoms with van der Waals surface area (Å²) in [5, 5.41) is 11.7. The Bertz CT molecular complexity index is 882. The largest absolute Gasteiger partial charge is 0.487 e. The van der Waals surface area contributed by atoms with Gasteiger partial charge in [0.25, 0.3) is 0 Å². The summed E-state index contributed by atoms with van der Waals surface area (Å²) in [4.78, 5) is 39.9. The number of likely N-dealkylation sites (N-methyl/N-ethyl adjacent to an activating group) is 1. The smallest absolute Gasteiger partial charge is 0.247 e. The molecule has 194 valence electrons. The number of amides is 3. The first-order valence-corrected chi connectivity index (χ1v) is 12.6. The third-order valence-corrected chi connectivity index (χ3v) is 6.37. The van der Waals surface area contributed by atoms with Crippen LogP contribution in [0, 0.1) is 17.8 Å². The summed E-state index contributed by atoms with van der Waals surface area (Å²) < 4.78 is 6.28. The van der Waals surface area contributed by atoms with Crippen molar-refractivity contribution >= 4 is 23.8 Å². The number of benzene rings is 1. The highest BCUT2D eigenvalue weighted by Gasteiger charge is 2.38. The summed E-state index contributed by atoms with van der Waals surface area (Å²) in [6.07, 6.45) is 3.97. The van der Waals surface area contributed by atoms with Gasteiger partial charge in [-0.2, -0.15) is 0 Å². The van der Waals surface area contributed by atoms with Crippen LogP contribution < -0.4 is 26.0 Å². The summed E-state index contributed by atoms with van der Waals surface area (Å²) in [7, 11) is 1.73. The average molecular weight is 487 g/mol. The zero-order valence-corrected chi connectivity index (χ0v) is 22.1. The molecule has 0 aromatic heterocycles. The monoisotopic (exact) mass is 486 g/mol. The Labute approximate surface area is 209 Å². The van der Waals surface area contributed by atoms with E-state index in [9.17, 15) is 14.4 Å². The van der Waals surface area contributed by atoms with Gasteiger partial charge < -0.3 is 26.0 Å². The molecule has 3 rings (SSSR count). The van der Waals surface area contributed by atoms with Crippen LogP contribution in [0.2, 0.25) is 0 Å². The van der Waals surface area contributed by atoms with E-state index >= 15 is 0 Å². The summed E-state index contributed by atoms with van der Waals surface area (Å²) in [6, 6.07) is 5.17. The van der Waals surface area contributed by atoms with Crippen molar-refractivity contribution in [1.29, 1.82) is 0 Å². The number of carbonyl (C=O) groups is 3. The fourth-order valence-corrected chi connectivity index (χ4v) is 4.14. The first-order valence-electron chi connectivity index (χ1n) is 12.6.